The number of rotatable bonds is 3. The molecular formula is C12H13NO. The van der Waals surface area contributed by atoms with Gasteiger partial charge in [0.2, 0.25) is 0 Å². The highest BCUT2D eigenvalue weighted by Gasteiger charge is 2.17. The molecule has 1 aromatic rings. The molecule has 72 valence electrons. The van der Waals surface area contributed by atoms with Crippen molar-refractivity contribution in [3.63, 3.8) is 0 Å². The third-order valence-corrected chi connectivity index (χ3v) is 2.58. The van der Waals surface area contributed by atoms with Gasteiger partial charge in [0.05, 0.1) is 0 Å². The van der Waals surface area contributed by atoms with Crippen molar-refractivity contribution in [3.05, 3.63) is 42.0 Å². The van der Waals surface area contributed by atoms with Gasteiger partial charge in [0.1, 0.15) is 6.29 Å². The van der Waals surface area contributed by atoms with E-state index in [1.807, 2.05) is 24.3 Å². The first-order chi connectivity index (χ1) is 6.85. The summed E-state index contributed by atoms with van der Waals surface area (Å²) in [6.07, 6.45) is 3.84. The van der Waals surface area contributed by atoms with E-state index in [9.17, 15) is 4.79 Å². The number of carbonyl (C=O) groups excluding carboxylic acids is 1. The molecule has 14 heavy (non-hydrogen) atoms. The van der Waals surface area contributed by atoms with E-state index in [0.717, 1.165) is 31.4 Å². The molecule has 0 amide bonds. The number of aldehydes is 1. The highest BCUT2D eigenvalue weighted by atomic mass is 16.1. The van der Waals surface area contributed by atoms with E-state index in [2.05, 4.69) is 11.5 Å². The van der Waals surface area contributed by atoms with Crippen LogP contribution in [0.5, 0.6) is 0 Å². The maximum atomic E-state index is 10.6. The molecule has 2 rings (SSSR count). The zero-order chi connectivity index (χ0) is 9.97. The Morgan fingerprint density at radius 2 is 2.36 bits per heavy atom. The van der Waals surface area contributed by atoms with Gasteiger partial charge in [-0.25, -0.2) is 0 Å². The first-order valence-electron chi connectivity index (χ1n) is 4.79. The SMILES string of the molecule is C=CCN1CCc2cc(C=O)ccc21. The van der Waals surface area contributed by atoms with Gasteiger partial charge in [0.15, 0.2) is 0 Å². The maximum absolute atomic E-state index is 10.6. The van der Waals surface area contributed by atoms with Crippen molar-refractivity contribution in [3.8, 4) is 0 Å². The van der Waals surface area contributed by atoms with Crippen molar-refractivity contribution in [2.24, 2.45) is 0 Å². The van der Waals surface area contributed by atoms with Crippen LogP contribution in [0.2, 0.25) is 0 Å². The van der Waals surface area contributed by atoms with E-state index in [1.54, 1.807) is 0 Å². The van der Waals surface area contributed by atoms with Crippen LogP contribution in [0, 0.1) is 0 Å². The summed E-state index contributed by atoms with van der Waals surface area (Å²) >= 11 is 0. The lowest BCUT2D eigenvalue weighted by Crippen LogP contribution is -2.19. The second-order valence-electron chi connectivity index (χ2n) is 3.49. The van der Waals surface area contributed by atoms with Gasteiger partial charge in [0, 0.05) is 24.3 Å². The summed E-state index contributed by atoms with van der Waals surface area (Å²) in [7, 11) is 0. The first kappa shape index (κ1) is 9.00. The van der Waals surface area contributed by atoms with E-state index in [1.165, 1.54) is 11.3 Å². The second kappa shape index (κ2) is 3.66. The lowest BCUT2D eigenvalue weighted by Gasteiger charge is -2.16. The van der Waals surface area contributed by atoms with Gasteiger partial charge < -0.3 is 4.90 Å². The summed E-state index contributed by atoms with van der Waals surface area (Å²) in [6.45, 7) is 5.65. The van der Waals surface area contributed by atoms with Crippen LogP contribution in [-0.2, 0) is 6.42 Å². The van der Waals surface area contributed by atoms with Crippen LogP contribution in [0.3, 0.4) is 0 Å². The molecule has 1 heterocycles. The van der Waals surface area contributed by atoms with Crippen molar-refractivity contribution in [1.29, 1.82) is 0 Å². The van der Waals surface area contributed by atoms with Gasteiger partial charge in [-0.05, 0) is 30.2 Å². The molecule has 0 saturated carbocycles. The lowest BCUT2D eigenvalue weighted by atomic mass is 10.1. The molecule has 0 fully saturated rings. The number of benzene rings is 1. The smallest absolute Gasteiger partial charge is 0.150 e. The Labute approximate surface area is 83.8 Å². The number of hydrogen-bond acceptors (Lipinski definition) is 2. The van der Waals surface area contributed by atoms with E-state index < -0.39 is 0 Å². The fraction of sp³-hybridized carbons (Fsp3) is 0.250. The maximum Gasteiger partial charge on any atom is 0.150 e. The van der Waals surface area contributed by atoms with Crippen LogP contribution in [0.15, 0.2) is 30.9 Å². The Bertz CT molecular complexity index is 371. The van der Waals surface area contributed by atoms with Crippen molar-refractivity contribution < 1.29 is 4.79 Å². The lowest BCUT2D eigenvalue weighted by molar-refractivity contribution is 0.112. The third-order valence-electron chi connectivity index (χ3n) is 2.58. The molecule has 0 radical (unpaired) electrons. The average molecular weight is 187 g/mol. The zero-order valence-corrected chi connectivity index (χ0v) is 8.07. The number of nitrogens with zero attached hydrogens (tertiary/aromatic N) is 1. The standard InChI is InChI=1S/C12H13NO/c1-2-6-13-7-5-11-8-10(9-14)3-4-12(11)13/h2-4,8-9H,1,5-7H2. The number of fused-ring (bicyclic) bond motifs is 1. The highest BCUT2D eigenvalue weighted by Crippen LogP contribution is 2.28. The Hall–Kier alpha value is -1.57. The molecular weight excluding hydrogens is 174 g/mol. The predicted octanol–water partition coefficient (Wildman–Crippen LogP) is 2.05. The molecule has 0 bridgehead atoms. The van der Waals surface area contributed by atoms with Crippen molar-refractivity contribution in [1.82, 2.24) is 0 Å². The van der Waals surface area contributed by atoms with Crippen molar-refractivity contribution in [2.45, 2.75) is 6.42 Å². The van der Waals surface area contributed by atoms with Crippen LogP contribution >= 0.6 is 0 Å². The molecule has 2 nitrogen and oxygen atoms in total. The third kappa shape index (κ3) is 1.43. The van der Waals surface area contributed by atoms with Crippen LogP contribution in [0.4, 0.5) is 5.69 Å². The number of anilines is 1. The zero-order valence-electron chi connectivity index (χ0n) is 8.07. The summed E-state index contributed by atoms with van der Waals surface area (Å²) in [4.78, 5) is 12.9. The minimum Gasteiger partial charge on any atom is -0.367 e. The minimum atomic E-state index is 0.768. The molecule has 0 saturated heterocycles. The van der Waals surface area contributed by atoms with Gasteiger partial charge in [-0.3, -0.25) is 4.79 Å². The van der Waals surface area contributed by atoms with Gasteiger partial charge in [-0.2, -0.15) is 0 Å². The van der Waals surface area contributed by atoms with Crippen LogP contribution in [0.1, 0.15) is 15.9 Å². The van der Waals surface area contributed by atoms with E-state index in [4.69, 9.17) is 0 Å². The average Bonchev–Trinajstić information content (AvgIpc) is 2.61. The minimum absolute atomic E-state index is 0.768. The van der Waals surface area contributed by atoms with Gasteiger partial charge in [0.25, 0.3) is 0 Å². The Morgan fingerprint density at radius 1 is 1.50 bits per heavy atom. The van der Waals surface area contributed by atoms with E-state index in [0.29, 0.717) is 0 Å². The van der Waals surface area contributed by atoms with Crippen LogP contribution in [0.25, 0.3) is 0 Å². The predicted molar refractivity (Wildman–Crippen MR) is 57.9 cm³/mol. The van der Waals surface area contributed by atoms with E-state index in [-0.39, 0.29) is 0 Å². The molecule has 0 unspecified atom stereocenters. The van der Waals surface area contributed by atoms with Gasteiger partial charge in [-0.1, -0.05) is 6.08 Å². The molecule has 0 aliphatic carbocycles. The van der Waals surface area contributed by atoms with Crippen molar-refractivity contribution >= 4 is 12.0 Å². The fourth-order valence-electron chi connectivity index (χ4n) is 1.91. The largest absolute Gasteiger partial charge is 0.367 e. The molecule has 2 heteroatoms. The highest BCUT2D eigenvalue weighted by molar-refractivity contribution is 5.77. The molecule has 0 aromatic heterocycles. The molecule has 1 aliphatic heterocycles. The van der Waals surface area contributed by atoms with Gasteiger partial charge in [-0.15, -0.1) is 6.58 Å². The Balaban J connectivity index is 2.33. The summed E-state index contributed by atoms with van der Waals surface area (Å²) in [6, 6.07) is 5.87. The Kier molecular flexibility index (Phi) is 2.35. The topological polar surface area (TPSA) is 20.3 Å². The normalized spacial score (nSPS) is 13.9. The summed E-state index contributed by atoms with van der Waals surface area (Å²) in [5.41, 5.74) is 3.29. The number of carbonyl (C=O) groups is 1. The van der Waals surface area contributed by atoms with Crippen LogP contribution in [-0.4, -0.2) is 19.4 Å². The fourth-order valence-corrected chi connectivity index (χ4v) is 1.91. The van der Waals surface area contributed by atoms with Crippen molar-refractivity contribution in [2.75, 3.05) is 18.0 Å². The molecule has 0 N–H and O–H groups in total. The molecule has 1 aliphatic rings. The molecule has 0 atom stereocenters. The Morgan fingerprint density at radius 3 is 3.07 bits per heavy atom. The molecule has 0 spiro atoms. The van der Waals surface area contributed by atoms with E-state index >= 15 is 0 Å². The summed E-state index contributed by atoms with van der Waals surface area (Å²) < 4.78 is 0. The summed E-state index contributed by atoms with van der Waals surface area (Å²) in [5.74, 6) is 0. The second-order valence-corrected chi connectivity index (χ2v) is 3.49. The first-order valence-corrected chi connectivity index (χ1v) is 4.79. The molecule has 1 aromatic carbocycles. The quantitative estimate of drug-likeness (QED) is 0.533. The summed E-state index contributed by atoms with van der Waals surface area (Å²) in [5, 5.41) is 0. The van der Waals surface area contributed by atoms with Gasteiger partial charge >= 0.3 is 0 Å². The monoisotopic (exact) mass is 187 g/mol. The van der Waals surface area contributed by atoms with Crippen LogP contribution < -0.4 is 4.90 Å². The number of hydrogen-bond donors (Lipinski definition) is 0.